The van der Waals surface area contributed by atoms with Crippen LogP contribution in [0.2, 0.25) is 0 Å². The first-order chi connectivity index (χ1) is 16.1. The van der Waals surface area contributed by atoms with Crippen molar-refractivity contribution >= 4 is 0 Å². The highest BCUT2D eigenvalue weighted by Gasteiger charge is 2.76. The predicted octanol–water partition coefficient (Wildman–Crippen LogP) is 2.96. The van der Waals surface area contributed by atoms with Gasteiger partial charge in [0.2, 0.25) is 11.6 Å². The summed E-state index contributed by atoms with van der Waals surface area (Å²) in [5, 5.41) is 15.8. The maximum absolute atomic E-state index is 14.1. The van der Waals surface area contributed by atoms with Gasteiger partial charge in [-0.15, -0.1) is 10.2 Å². The van der Waals surface area contributed by atoms with Gasteiger partial charge in [0.25, 0.3) is 0 Å². The van der Waals surface area contributed by atoms with Crippen LogP contribution in [0.5, 0.6) is 0 Å². The van der Waals surface area contributed by atoms with Crippen LogP contribution in [0.4, 0.5) is 61.5 Å². The van der Waals surface area contributed by atoms with Crippen LogP contribution in [0.3, 0.4) is 0 Å². The summed E-state index contributed by atoms with van der Waals surface area (Å²) in [6, 6.07) is 0. The molecule has 1 saturated heterocycles. The van der Waals surface area contributed by atoms with E-state index in [2.05, 4.69) is 31.1 Å². The first-order valence-electron chi connectivity index (χ1n) is 8.86. The van der Waals surface area contributed by atoms with Crippen LogP contribution in [0, 0.1) is 5.41 Å². The van der Waals surface area contributed by atoms with Crippen molar-refractivity contribution in [3.63, 3.8) is 0 Å². The zero-order chi connectivity index (χ0) is 27.6. The lowest BCUT2D eigenvalue weighted by Gasteiger charge is -2.41. The van der Waals surface area contributed by atoms with Gasteiger partial charge in [0.1, 0.15) is 0 Å². The summed E-state index contributed by atoms with van der Waals surface area (Å²) in [6.07, 6.45) is -13.5. The maximum atomic E-state index is 14.1. The fourth-order valence-electron chi connectivity index (χ4n) is 2.97. The fourth-order valence-corrected chi connectivity index (χ4v) is 2.97. The highest BCUT2D eigenvalue weighted by molar-refractivity contribution is 5.07. The van der Waals surface area contributed by atoms with E-state index >= 15 is 0 Å². The molecule has 1 aliphatic rings. The van der Waals surface area contributed by atoms with E-state index in [0.717, 1.165) is 0 Å². The largest absolute Gasteiger partial charge is 0.460 e. The molecule has 3 heterocycles. The quantitative estimate of drug-likeness (QED) is 0.460. The van der Waals surface area contributed by atoms with Crippen LogP contribution >= 0.6 is 0 Å². The molecule has 2 aromatic heterocycles. The highest BCUT2D eigenvalue weighted by atomic mass is 19.4. The SMILES string of the molecule is FC(F)(F)C(F)(F)C(F)(F)c1nnnn1CC1(Cn2nnnc2C(F)(F)C(F)(F)C(F)(F)F)COC1. The Morgan fingerprint density at radius 2 is 0.944 bits per heavy atom. The monoisotopic (exact) mass is 558 g/mol. The van der Waals surface area contributed by atoms with Gasteiger partial charge in [-0.05, 0) is 20.9 Å². The first kappa shape index (κ1) is 27.7. The number of hydrogen-bond acceptors (Lipinski definition) is 7. The van der Waals surface area contributed by atoms with E-state index in [0.29, 0.717) is 0 Å². The number of tetrazole rings is 2. The molecular formula is C13H8F14N8O. The first-order valence-corrected chi connectivity index (χ1v) is 8.86. The van der Waals surface area contributed by atoms with Gasteiger partial charge in [-0.3, -0.25) is 0 Å². The lowest BCUT2D eigenvalue weighted by atomic mass is 9.85. The number of hydrogen-bond donors (Lipinski definition) is 0. The molecule has 0 amide bonds. The molecule has 36 heavy (non-hydrogen) atoms. The molecule has 204 valence electrons. The number of ether oxygens (including phenoxy) is 1. The second-order valence-corrected chi connectivity index (χ2v) is 7.61. The zero-order valence-corrected chi connectivity index (χ0v) is 16.6. The van der Waals surface area contributed by atoms with Crippen molar-refractivity contribution in [1.82, 2.24) is 40.4 Å². The minimum Gasteiger partial charge on any atom is -0.380 e. The Morgan fingerprint density at radius 3 is 1.19 bits per heavy atom. The van der Waals surface area contributed by atoms with Crippen molar-refractivity contribution in [2.45, 2.75) is 49.1 Å². The molecule has 2 aromatic rings. The molecule has 9 nitrogen and oxygen atoms in total. The Morgan fingerprint density at radius 1 is 0.611 bits per heavy atom. The molecule has 3 rings (SSSR count). The van der Waals surface area contributed by atoms with Gasteiger partial charge in [-0.25, -0.2) is 9.36 Å². The molecule has 0 N–H and O–H groups in total. The van der Waals surface area contributed by atoms with Gasteiger partial charge in [-0.1, -0.05) is 0 Å². The van der Waals surface area contributed by atoms with E-state index in [1.54, 1.807) is 0 Å². The Kier molecular flexibility index (Phi) is 6.20. The molecule has 0 atom stereocenters. The Labute approximate surface area is 187 Å². The molecular weight excluding hydrogens is 550 g/mol. The van der Waals surface area contributed by atoms with Crippen LogP contribution in [0.15, 0.2) is 0 Å². The molecule has 0 saturated carbocycles. The van der Waals surface area contributed by atoms with Gasteiger partial charge in [-0.2, -0.15) is 61.5 Å². The summed E-state index contributed by atoms with van der Waals surface area (Å²) in [7, 11) is 0. The van der Waals surface area contributed by atoms with E-state index in [1.807, 2.05) is 0 Å². The van der Waals surface area contributed by atoms with E-state index in [4.69, 9.17) is 4.74 Å². The minimum atomic E-state index is -6.76. The van der Waals surface area contributed by atoms with Crippen LogP contribution in [-0.4, -0.2) is 77.8 Å². The highest BCUT2D eigenvalue weighted by Crippen LogP contribution is 2.52. The number of aromatic nitrogens is 8. The smallest absolute Gasteiger partial charge is 0.380 e. The third-order valence-corrected chi connectivity index (χ3v) is 4.91. The lowest BCUT2D eigenvalue weighted by Crippen LogP contribution is -2.54. The van der Waals surface area contributed by atoms with Gasteiger partial charge >= 0.3 is 36.0 Å². The number of nitrogens with zero attached hydrogens (tertiary/aromatic N) is 8. The van der Waals surface area contributed by atoms with E-state index in [-0.39, 0.29) is 9.36 Å². The van der Waals surface area contributed by atoms with Crippen molar-refractivity contribution in [3.05, 3.63) is 11.6 Å². The molecule has 1 fully saturated rings. The number of halogens is 14. The molecule has 1 aliphatic heterocycles. The second kappa shape index (κ2) is 8.06. The Hall–Kier alpha value is -2.88. The Balaban J connectivity index is 1.95. The van der Waals surface area contributed by atoms with Gasteiger partial charge in [0, 0.05) is 0 Å². The lowest BCUT2D eigenvalue weighted by molar-refractivity contribution is -0.362. The minimum absolute atomic E-state index is 0.255. The Bertz CT molecular complexity index is 1000. The molecule has 0 radical (unpaired) electrons. The standard InChI is InChI=1S/C13H8F14N8O/c14-8(15,10(18,19)12(22,23)24)5-28-30-32-34(5)1-7(3-36-4-7)2-35-6(29-31-33-35)9(16,17)11(20,21)13(25,26)27/h1-4H2. The van der Waals surface area contributed by atoms with Crippen molar-refractivity contribution in [3.8, 4) is 0 Å². The van der Waals surface area contributed by atoms with Crippen molar-refractivity contribution in [2.75, 3.05) is 13.2 Å². The summed E-state index contributed by atoms with van der Waals surface area (Å²) in [4.78, 5) is 0. The summed E-state index contributed by atoms with van der Waals surface area (Å²) >= 11 is 0. The molecule has 0 aliphatic carbocycles. The second-order valence-electron chi connectivity index (χ2n) is 7.61. The number of rotatable bonds is 8. The van der Waals surface area contributed by atoms with Crippen LogP contribution < -0.4 is 0 Å². The molecule has 0 aromatic carbocycles. The summed E-state index contributed by atoms with van der Waals surface area (Å²) < 4.78 is 189. The van der Waals surface area contributed by atoms with Gasteiger partial charge in [0.05, 0.1) is 31.7 Å². The summed E-state index contributed by atoms with van der Waals surface area (Å²) in [6.45, 7) is -3.74. The maximum Gasteiger partial charge on any atom is 0.460 e. The van der Waals surface area contributed by atoms with Crippen molar-refractivity contribution < 1.29 is 66.2 Å². The third-order valence-electron chi connectivity index (χ3n) is 4.91. The van der Waals surface area contributed by atoms with Crippen LogP contribution in [0.1, 0.15) is 11.6 Å². The van der Waals surface area contributed by atoms with Crippen LogP contribution in [-0.2, 0) is 29.7 Å². The summed E-state index contributed by atoms with van der Waals surface area (Å²) in [5.74, 6) is -30.1. The van der Waals surface area contributed by atoms with Crippen LogP contribution in [0.25, 0.3) is 0 Å². The molecule has 0 unspecified atom stereocenters. The van der Waals surface area contributed by atoms with Crippen molar-refractivity contribution in [2.24, 2.45) is 5.41 Å². The fraction of sp³-hybridized carbons (Fsp3) is 0.846. The van der Waals surface area contributed by atoms with E-state index < -0.39 is 79.4 Å². The van der Waals surface area contributed by atoms with E-state index in [9.17, 15) is 61.5 Å². The normalized spacial score (nSPS) is 17.8. The third kappa shape index (κ3) is 4.09. The predicted molar refractivity (Wildman–Crippen MR) is 78.7 cm³/mol. The van der Waals surface area contributed by atoms with Gasteiger partial charge < -0.3 is 4.74 Å². The molecule has 23 heteroatoms. The molecule has 0 bridgehead atoms. The number of alkyl halides is 14. The van der Waals surface area contributed by atoms with E-state index in [1.165, 1.54) is 0 Å². The average molecular weight is 558 g/mol. The topological polar surface area (TPSA) is 96.4 Å². The van der Waals surface area contributed by atoms with Gasteiger partial charge in [0.15, 0.2) is 0 Å². The zero-order valence-electron chi connectivity index (χ0n) is 16.6. The summed E-state index contributed by atoms with van der Waals surface area (Å²) in [5.41, 5.74) is -1.90. The van der Waals surface area contributed by atoms with Crippen molar-refractivity contribution in [1.29, 1.82) is 0 Å². The molecule has 0 spiro atoms. The average Bonchev–Trinajstić information content (AvgIpc) is 3.33.